The maximum absolute atomic E-state index is 12.3. The Bertz CT molecular complexity index is 1360. The maximum Gasteiger partial charge on any atom is 0.178 e. The van der Waals surface area contributed by atoms with Crippen LogP contribution in [-0.4, -0.2) is 30.4 Å². The second-order valence-electron chi connectivity index (χ2n) is 6.65. The van der Waals surface area contributed by atoms with Crippen molar-refractivity contribution in [2.75, 3.05) is 5.75 Å². The van der Waals surface area contributed by atoms with E-state index >= 15 is 0 Å². The number of aldehydes is 1. The van der Waals surface area contributed by atoms with E-state index in [4.69, 9.17) is 11.6 Å². The quantitative estimate of drug-likeness (QED) is 0.481. The largest absolute Gasteiger partial charge is 0.339 e. The fourth-order valence-corrected chi connectivity index (χ4v) is 4.59. The Labute approximate surface area is 167 Å². The highest BCUT2D eigenvalue weighted by Crippen LogP contribution is 2.39. The lowest BCUT2D eigenvalue weighted by atomic mass is 9.97. The van der Waals surface area contributed by atoms with Crippen LogP contribution in [0.15, 0.2) is 47.5 Å². The third kappa shape index (κ3) is 2.89. The van der Waals surface area contributed by atoms with Crippen molar-refractivity contribution in [2.45, 2.75) is 18.7 Å². The van der Waals surface area contributed by atoms with E-state index in [2.05, 4.69) is 9.97 Å². The summed E-state index contributed by atoms with van der Waals surface area (Å²) < 4.78 is 24.7. The van der Waals surface area contributed by atoms with Gasteiger partial charge >= 0.3 is 0 Å². The van der Waals surface area contributed by atoms with E-state index in [1.165, 1.54) is 0 Å². The van der Waals surface area contributed by atoms with Gasteiger partial charge in [0.2, 0.25) is 0 Å². The molecule has 0 aliphatic heterocycles. The molecular formula is C21H17ClN2O3S. The van der Waals surface area contributed by atoms with Crippen LogP contribution in [0.4, 0.5) is 0 Å². The number of nitrogens with zero attached hydrogens (tertiary/aromatic N) is 1. The van der Waals surface area contributed by atoms with Gasteiger partial charge in [-0.25, -0.2) is 13.4 Å². The number of sulfone groups is 1. The first-order valence-electron chi connectivity index (χ1n) is 8.74. The Balaban J connectivity index is 2.13. The molecule has 0 aliphatic rings. The predicted octanol–water partition coefficient (Wildman–Crippen LogP) is 4.95. The van der Waals surface area contributed by atoms with Gasteiger partial charge in [-0.15, -0.1) is 0 Å². The third-order valence-electron chi connectivity index (χ3n) is 4.86. The predicted molar refractivity (Wildman–Crippen MR) is 112 cm³/mol. The molecule has 5 nitrogen and oxygen atoms in total. The summed E-state index contributed by atoms with van der Waals surface area (Å²) in [7, 11) is -3.35. The molecule has 0 radical (unpaired) electrons. The number of aromatic nitrogens is 2. The Hall–Kier alpha value is -2.70. The molecule has 1 N–H and O–H groups in total. The summed E-state index contributed by atoms with van der Waals surface area (Å²) in [5.74, 6) is 0.0207. The van der Waals surface area contributed by atoms with E-state index in [1.807, 2.05) is 19.1 Å². The topological polar surface area (TPSA) is 79.9 Å². The fraction of sp³-hybridized carbons (Fsp3) is 0.143. The molecule has 4 rings (SSSR count). The number of carbonyl (C=O) groups is 1. The second-order valence-corrected chi connectivity index (χ2v) is 9.34. The fourth-order valence-electron chi connectivity index (χ4n) is 3.42. The first-order valence-corrected chi connectivity index (χ1v) is 10.8. The van der Waals surface area contributed by atoms with Crippen LogP contribution in [0.2, 0.25) is 5.02 Å². The van der Waals surface area contributed by atoms with Crippen LogP contribution in [0.3, 0.4) is 0 Å². The van der Waals surface area contributed by atoms with Gasteiger partial charge in [-0.2, -0.15) is 0 Å². The molecule has 0 aliphatic carbocycles. The van der Waals surface area contributed by atoms with Gasteiger partial charge in [-0.05, 0) is 47.9 Å². The molecule has 0 bridgehead atoms. The highest BCUT2D eigenvalue weighted by atomic mass is 35.5. The van der Waals surface area contributed by atoms with Gasteiger partial charge in [0.25, 0.3) is 0 Å². The molecule has 0 unspecified atom stereocenters. The first kappa shape index (κ1) is 18.7. The van der Waals surface area contributed by atoms with Gasteiger partial charge in [0.1, 0.15) is 5.65 Å². The lowest BCUT2D eigenvalue weighted by molar-refractivity contribution is 0.112. The lowest BCUT2D eigenvalue weighted by Gasteiger charge is -2.10. The number of H-pyrrole nitrogens is 1. The second kappa shape index (κ2) is 6.72. The molecule has 28 heavy (non-hydrogen) atoms. The van der Waals surface area contributed by atoms with Gasteiger partial charge in [0.15, 0.2) is 16.1 Å². The van der Waals surface area contributed by atoms with Gasteiger partial charge in [-0.3, -0.25) is 4.79 Å². The standard InChI is InChI=1S/C21H17ClN2O3S/c1-3-28(26,27)14-6-4-5-13(8-14)15-9-18(22)17(11-25)20-19(15)16-7-12(2)10-23-21(16)24-20/h4-11H,3H2,1-2H3,(H,23,24). The van der Waals surface area contributed by atoms with Crippen LogP contribution in [0.5, 0.6) is 0 Å². The molecule has 0 amide bonds. The molecule has 142 valence electrons. The zero-order chi connectivity index (χ0) is 20.1. The van der Waals surface area contributed by atoms with Crippen molar-refractivity contribution in [2.24, 2.45) is 0 Å². The van der Waals surface area contributed by atoms with Crippen molar-refractivity contribution in [3.63, 3.8) is 0 Å². The summed E-state index contributed by atoms with van der Waals surface area (Å²) in [6.45, 7) is 3.56. The molecule has 0 spiro atoms. The number of aromatic amines is 1. The minimum absolute atomic E-state index is 0.0207. The summed E-state index contributed by atoms with van der Waals surface area (Å²) in [6, 6.07) is 10.5. The highest BCUT2D eigenvalue weighted by Gasteiger charge is 2.19. The number of pyridine rings is 1. The average Bonchev–Trinajstić information content (AvgIpc) is 3.05. The van der Waals surface area contributed by atoms with Gasteiger partial charge in [-0.1, -0.05) is 30.7 Å². The number of aryl methyl sites for hydroxylation is 1. The van der Waals surface area contributed by atoms with Crippen LogP contribution in [0.1, 0.15) is 22.8 Å². The number of hydrogen-bond acceptors (Lipinski definition) is 4. The van der Waals surface area contributed by atoms with Gasteiger partial charge in [0, 0.05) is 17.0 Å². The Morgan fingerprint density at radius 1 is 1.21 bits per heavy atom. The number of rotatable bonds is 4. The SMILES string of the molecule is CCS(=O)(=O)c1cccc(-c2cc(Cl)c(C=O)c3[nH]c4ncc(C)cc4c23)c1. The number of fused-ring (bicyclic) bond motifs is 3. The van der Waals surface area contributed by atoms with E-state index in [0.717, 1.165) is 21.9 Å². The van der Waals surface area contributed by atoms with Crippen molar-refractivity contribution in [3.05, 3.63) is 58.7 Å². The molecule has 0 saturated heterocycles. The van der Waals surface area contributed by atoms with Crippen LogP contribution < -0.4 is 0 Å². The lowest BCUT2D eigenvalue weighted by Crippen LogP contribution is -2.03. The van der Waals surface area contributed by atoms with E-state index in [0.29, 0.717) is 33.6 Å². The molecule has 2 aromatic heterocycles. The molecule has 7 heteroatoms. The maximum atomic E-state index is 12.3. The van der Waals surface area contributed by atoms with E-state index in [9.17, 15) is 13.2 Å². The van der Waals surface area contributed by atoms with Crippen LogP contribution in [0, 0.1) is 6.92 Å². The van der Waals surface area contributed by atoms with Gasteiger partial charge < -0.3 is 4.98 Å². The molecule has 2 aromatic carbocycles. The van der Waals surface area contributed by atoms with E-state index in [1.54, 1.807) is 37.4 Å². The molecule has 0 atom stereocenters. The summed E-state index contributed by atoms with van der Waals surface area (Å²) >= 11 is 6.38. The summed E-state index contributed by atoms with van der Waals surface area (Å²) in [5, 5.41) is 1.95. The minimum atomic E-state index is -3.35. The number of benzene rings is 2. The number of halogens is 1. The van der Waals surface area contributed by atoms with E-state index in [-0.39, 0.29) is 10.6 Å². The molecule has 0 fully saturated rings. The smallest absolute Gasteiger partial charge is 0.178 e. The van der Waals surface area contributed by atoms with Crippen molar-refractivity contribution in [3.8, 4) is 11.1 Å². The molecular weight excluding hydrogens is 396 g/mol. The molecule has 0 saturated carbocycles. The number of nitrogens with one attached hydrogen (secondary N) is 1. The van der Waals surface area contributed by atoms with Crippen LogP contribution in [0.25, 0.3) is 33.1 Å². The Morgan fingerprint density at radius 3 is 2.71 bits per heavy atom. The average molecular weight is 413 g/mol. The van der Waals surface area contributed by atoms with E-state index < -0.39 is 9.84 Å². The molecule has 4 aromatic rings. The number of hydrogen-bond donors (Lipinski definition) is 1. The molecule has 2 heterocycles. The highest BCUT2D eigenvalue weighted by molar-refractivity contribution is 7.91. The normalized spacial score (nSPS) is 12.0. The van der Waals surface area contributed by atoms with Crippen molar-refractivity contribution in [1.29, 1.82) is 0 Å². The number of carbonyl (C=O) groups excluding carboxylic acids is 1. The minimum Gasteiger partial charge on any atom is -0.339 e. The zero-order valence-corrected chi connectivity index (χ0v) is 16.9. The van der Waals surface area contributed by atoms with Crippen LogP contribution in [-0.2, 0) is 9.84 Å². The summed E-state index contributed by atoms with van der Waals surface area (Å²) in [6.07, 6.45) is 2.46. The first-order chi connectivity index (χ1) is 13.4. The monoisotopic (exact) mass is 412 g/mol. The van der Waals surface area contributed by atoms with Crippen LogP contribution >= 0.6 is 11.6 Å². The van der Waals surface area contributed by atoms with Crippen molar-refractivity contribution >= 4 is 49.7 Å². The van der Waals surface area contributed by atoms with Crippen molar-refractivity contribution < 1.29 is 13.2 Å². The Kier molecular flexibility index (Phi) is 4.48. The summed E-state index contributed by atoms with van der Waals surface area (Å²) in [4.78, 5) is 19.5. The zero-order valence-electron chi connectivity index (χ0n) is 15.3. The Morgan fingerprint density at radius 2 is 2.00 bits per heavy atom. The van der Waals surface area contributed by atoms with Crippen molar-refractivity contribution in [1.82, 2.24) is 9.97 Å². The summed E-state index contributed by atoms with van der Waals surface area (Å²) in [5.41, 5.74) is 4.02. The third-order valence-corrected chi connectivity index (χ3v) is 6.90. The van der Waals surface area contributed by atoms with Gasteiger partial charge in [0.05, 0.1) is 26.8 Å².